The molecule has 0 radical (unpaired) electrons. The quantitative estimate of drug-likeness (QED) is 0.619. The van der Waals surface area contributed by atoms with Crippen molar-refractivity contribution in [2.45, 2.75) is 12.6 Å². The van der Waals surface area contributed by atoms with Crippen LogP contribution in [-0.4, -0.2) is 60.9 Å². The van der Waals surface area contributed by atoms with Crippen LogP contribution in [-0.2, 0) is 20.9 Å². The standard InChI is InChI=1S/C23H26N4O3/c1-30-22(29)19-20(18-10-6-3-7-11-18)24-23(25-21(19)28)27-14-12-26(13-15-27)16-17-8-4-2-5-9-17/h2-11,19-20H,12-16H2,1H3,(H,24,25,28)/t19-,20-/m0/s1. The van der Waals surface area contributed by atoms with E-state index in [1.165, 1.54) is 12.7 Å². The largest absolute Gasteiger partial charge is 0.468 e. The second-order valence-electron chi connectivity index (χ2n) is 7.55. The van der Waals surface area contributed by atoms with Gasteiger partial charge >= 0.3 is 5.97 Å². The zero-order chi connectivity index (χ0) is 20.9. The molecule has 7 heteroatoms. The normalized spacial score (nSPS) is 22.2. The average Bonchev–Trinajstić information content (AvgIpc) is 2.80. The van der Waals surface area contributed by atoms with E-state index in [0.717, 1.165) is 38.3 Å². The topological polar surface area (TPSA) is 74.2 Å². The molecule has 2 atom stereocenters. The third-order valence-corrected chi connectivity index (χ3v) is 5.61. The number of carbonyl (C=O) groups is 2. The first-order valence-electron chi connectivity index (χ1n) is 10.2. The van der Waals surface area contributed by atoms with E-state index in [0.29, 0.717) is 5.96 Å². The summed E-state index contributed by atoms with van der Waals surface area (Å²) in [6.07, 6.45) is 0. The number of esters is 1. The number of methoxy groups -OCH3 is 1. The molecule has 30 heavy (non-hydrogen) atoms. The molecule has 2 heterocycles. The fourth-order valence-corrected chi connectivity index (χ4v) is 3.97. The number of aliphatic imine (C=N–C) groups is 1. The molecule has 2 aliphatic rings. The molecule has 2 aromatic rings. The number of nitrogens with zero attached hydrogens (tertiary/aromatic N) is 3. The number of piperazine rings is 1. The molecule has 0 saturated carbocycles. The van der Waals surface area contributed by atoms with Gasteiger partial charge in [-0.3, -0.25) is 19.8 Å². The van der Waals surface area contributed by atoms with Gasteiger partial charge < -0.3 is 9.64 Å². The molecule has 156 valence electrons. The highest BCUT2D eigenvalue weighted by Gasteiger charge is 2.41. The van der Waals surface area contributed by atoms with Gasteiger partial charge in [-0.1, -0.05) is 60.7 Å². The SMILES string of the molecule is COC(=O)[C@@H]1C(=O)NC(N2CCN(Cc3ccccc3)CC2)=N[C@H]1c1ccccc1. The predicted octanol–water partition coefficient (Wildman–Crippen LogP) is 1.82. The van der Waals surface area contributed by atoms with E-state index < -0.39 is 17.9 Å². The Kier molecular flexibility index (Phi) is 6.09. The molecule has 2 aromatic carbocycles. The lowest BCUT2D eigenvalue weighted by molar-refractivity contribution is -0.151. The Balaban J connectivity index is 1.49. The summed E-state index contributed by atoms with van der Waals surface area (Å²) in [5.41, 5.74) is 2.11. The molecular weight excluding hydrogens is 380 g/mol. The van der Waals surface area contributed by atoms with Crippen molar-refractivity contribution in [2.75, 3.05) is 33.3 Å². The minimum atomic E-state index is -0.986. The van der Waals surface area contributed by atoms with Crippen LogP contribution >= 0.6 is 0 Å². The van der Waals surface area contributed by atoms with Gasteiger partial charge in [0.1, 0.15) is 6.04 Å². The Morgan fingerprint density at radius 1 is 1.03 bits per heavy atom. The van der Waals surface area contributed by atoms with Crippen molar-refractivity contribution < 1.29 is 14.3 Å². The highest BCUT2D eigenvalue weighted by atomic mass is 16.5. The molecule has 1 fully saturated rings. The van der Waals surface area contributed by atoms with Crippen LogP contribution in [0, 0.1) is 5.92 Å². The van der Waals surface area contributed by atoms with Gasteiger partial charge in [-0.05, 0) is 11.1 Å². The van der Waals surface area contributed by atoms with Gasteiger partial charge in [0.15, 0.2) is 5.92 Å². The minimum absolute atomic E-state index is 0.368. The first kappa shape index (κ1) is 20.1. The number of hydrogen-bond acceptors (Lipinski definition) is 6. The molecule has 7 nitrogen and oxygen atoms in total. The third kappa shape index (κ3) is 4.36. The minimum Gasteiger partial charge on any atom is -0.468 e. The molecule has 0 aromatic heterocycles. The summed E-state index contributed by atoms with van der Waals surface area (Å²) in [5.74, 6) is -1.39. The van der Waals surface area contributed by atoms with Crippen molar-refractivity contribution in [3.63, 3.8) is 0 Å². The monoisotopic (exact) mass is 406 g/mol. The molecule has 1 N–H and O–H groups in total. The maximum atomic E-state index is 12.8. The molecule has 1 amide bonds. The lowest BCUT2D eigenvalue weighted by Crippen LogP contribution is -2.57. The van der Waals surface area contributed by atoms with Crippen molar-refractivity contribution in [1.29, 1.82) is 0 Å². The fourth-order valence-electron chi connectivity index (χ4n) is 3.97. The van der Waals surface area contributed by atoms with E-state index in [9.17, 15) is 9.59 Å². The van der Waals surface area contributed by atoms with E-state index in [4.69, 9.17) is 9.73 Å². The molecule has 1 saturated heterocycles. The van der Waals surface area contributed by atoms with Gasteiger partial charge in [-0.15, -0.1) is 0 Å². The lowest BCUT2D eigenvalue weighted by Gasteiger charge is -2.39. The number of nitrogens with one attached hydrogen (secondary N) is 1. The van der Waals surface area contributed by atoms with Crippen LogP contribution < -0.4 is 5.32 Å². The molecule has 0 unspecified atom stereocenters. The number of hydrogen-bond donors (Lipinski definition) is 1. The van der Waals surface area contributed by atoms with Crippen LogP contribution in [0.3, 0.4) is 0 Å². The van der Waals surface area contributed by atoms with Gasteiger partial charge in [0.2, 0.25) is 11.9 Å². The lowest BCUT2D eigenvalue weighted by atomic mass is 9.91. The van der Waals surface area contributed by atoms with Crippen molar-refractivity contribution in [3.05, 3.63) is 71.8 Å². The zero-order valence-electron chi connectivity index (χ0n) is 17.0. The highest BCUT2D eigenvalue weighted by Crippen LogP contribution is 2.30. The number of carbonyl (C=O) groups excluding carboxylic acids is 2. The van der Waals surface area contributed by atoms with E-state index >= 15 is 0 Å². The van der Waals surface area contributed by atoms with Gasteiger partial charge in [-0.25, -0.2) is 4.99 Å². The van der Waals surface area contributed by atoms with Crippen LogP contribution in [0.1, 0.15) is 17.2 Å². The fraction of sp³-hybridized carbons (Fsp3) is 0.348. The van der Waals surface area contributed by atoms with Crippen molar-refractivity contribution in [2.24, 2.45) is 10.9 Å². The van der Waals surface area contributed by atoms with Crippen LogP contribution in [0.25, 0.3) is 0 Å². The highest BCUT2D eigenvalue weighted by molar-refractivity contribution is 6.08. The summed E-state index contributed by atoms with van der Waals surface area (Å²) < 4.78 is 4.87. The smallest absolute Gasteiger partial charge is 0.320 e. The van der Waals surface area contributed by atoms with Gasteiger partial charge in [0.25, 0.3) is 0 Å². The van der Waals surface area contributed by atoms with E-state index in [1.54, 1.807) is 0 Å². The molecule has 0 aliphatic carbocycles. The number of benzene rings is 2. The number of guanidine groups is 1. The Hall–Kier alpha value is -3.19. The van der Waals surface area contributed by atoms with Crippen molar-refractivity contribution in [3.8, 4) is 0 Å². The first-order chi connectivity index (χ1) is 14.7. The number of amides is 1. The van der Waals surface area contributed by atoms with E-state index in [1.807, 2.05) is 36.4 Å². The summed E-state index contributed by atoms with van der Waals surface area (Å²) in [5, 5.41) is 2.83. The predicted molar refractivity (Wildman–Crippen MR) is 114 cm³/mol. The number of rotatable bonds is 4. The summed E-state index contributed by atoms with van der Waals surface area (Å²) in [4.78, 5) is 34.3. The Morgan fingerprint density at radius 2 is 1.67 bits per heavy atom. The average molecular weight is 406 g/mol. The summed E-state index contributed by atoms with van der Waals surface area (Å²) in [6, 6.07) is 19.2. The van der Waals surface area contributed by atoms with Gasteiger partial charge in [0, 0.05) is 32.7 Å². The first-order valence-corrected chi connectivity index (χ1v) is 10.2. The van der Waals surface area contributed by atoms with Crippen LogP contribution in [0.4, 0.5) is 0 Å². The number of ether oxygens (including phenoxy) is 1. The van der Waals surface area contributed by atoms with Gasteiger partial charge in [0.05, 0.1) is 7.11 Å². The molecule has 2 aliphatic heterocycles. The Morgan fingerprint density at radius 3 is 2.30 bits per heavy atom. The Bertz CT molecular complexity index is 909. The summed E-state index contributed by atoms with van der Waals surface area (Å²) >= 11 is 0. The summed E-state index contributed by atoms with van der Waals surface area (Å²) in [7, 11) is 1.29. The third-order valence-electron chi connectivity index (χ3n) is 5.61. The summed E-state index contributed by atoms with van der Waals surface area (Å²) in [6.45, 7) is 4.18. The van der Waals surface area contributed by atoms with Crippen LogP contribution in [0.2, 0.25) is 0 Å². The van der Waals surface area contributed by atoms with Crippen LogP contribution in [0.15, 0.2) is 65.7 Å². The van der Waals surface area contributed by atoms with E-state index in [2.05, 4.69) is 39.4 Å². The van der Waals surface area contributed by atoms with Crippen LogP contribution in [0.5, 0.6) is 0 Å². The maximum Gasteiger partial charge on any atom is 0.320 e. The van der Waals surface area contributed by atoms with Gasteiger partial charge in [-0.2, -0.15) is 0 Å². The second kappa shape index (κ2) is 9.09. The van der Waals surface area contributed by atoms with Crippen molar-refractivity contribution >= 4 is 17.8 Å². The molecule has 4 rings (SSSR count). The molecular formula is C23H26N4O3. The zero-order valence-corrected chi connectivity index (χ0v) is 17.0. The Labute approximate surface area is 176 Å². The van der Waals surface area contributed by atoms with E-state index in [-0.39, 0.29) is 5.91 Å². The molecule has 0 spiro atoms. The second-order valence-corrected chi connectivity index (χ2v) is 7.55. The molecule has 0 bridgehead atoms. The maximum absolute atomic E-state index is 12.8. The van der Waals surface area contributed by atoms with Crippen molar-refractivity contribution in [1.82, 2.24) is 15.1 Å².